The molecular formula is C11H14BrCl2NO. The van der Waals surface area contributed by atoms with Crippen LogP contribution in [-0.2, 0) is 0 Å². The molecule has 0 heterocycles. The molecule has 16 heavy (non-hydrogen) atoms. The molecule has 1 rings (SSSR count). The maximum Gasteiger partial charge on any atom is 0.0719 e. The largest absolute Gasteiger partial charge is 0.396 e. The highest BCUT2D eigenvalue weighted by Gasteiger charge is 2.06. The highest BCUT2D eigenvalue weighted by atomic mass is 79.9. The molecule has 1 aromatic carbocycles. The fourth-order valence-electron chi connectivity index (χ4n) is 1.34. The number of hydrogen-bond donors (Lipinski definition) is 2. The summed E-state index contributed by atoms with van der Waals surface area (Å²) in [5.74, 6) is 0. The van der Waals surface area contributed by atoms with Crippen LogP contribution in [0.25, 0.3) is 0 Å². The zero-order chi connectivity index (χ0) is 12.0. The molecule has 0 radical (unpaired) electrons. The molecule has 2 nitrogen and oxygen atoms in total. The average molecular weight is 327 g/mol. The van der Waals surface area contributed by atoms with Crippen LogP contribution in [0.2, 0.25) is 10.0 Å². The van der Waals surface area contributed by atoms with Gasteiger partial charge in [0.15, 0.2) is 0 Å². The van der Waals surface area contributed by atoms with Gasteiger partial charge in [-0.15, -0.1) is 0 Å². The van der Waals surface area contributed by atoms with Crippen LogP contribution >= 0.6 is 39.1 Å². The highest BCUT2D eigenvalue weighted by Crippen LogP contribution is 2.33. The molecule has 0 aliphatic heterocycles. The van der Waals surface area contributed by atoms with Gasteiger partial charge in [0.25, 0.3) is 0 Å². The summed E-state index contributed by atoms with van der Waals surface area (Å²) in [5, 5.41) is 13.1. The fourth-order valence-corrected chi connectivity index (χ4v) is 2.68. The van der Waals surface area contributed by atoms with E-state index < -0.39 is 0 Å². The van der Waals surface area contributed by atoms with Crippen molar-refractivity contribution in [2.24, 2.45) is 0 Å². The van der Waals surface area contributed by atoms with E-state index in [1.807, 2.05) is 12.1 Å². The summed E-state index contributed by atoms with van der Waals surface area (Å²) in [7, 11) is 0. The van der Waals surface area contributed by atoms with Gasteiger partial charge < -0.3 is 10.4 Å². The number of hydrogen-bond acceptors (Lipinski definition) is 2. The first-order chi connectivity index (χ1) is 7.65. The third kappa shape index (κ3) is 4.50. The lowest BCUT2D eigenvalue weighted by Crippen LogP contribution is -2.03. The Bertz CT molecular complexity index is 324. The topological polar surface area (TPSA) is 32.3 Å². The van der Waals surface area contributed by atoms with Crippen LogP contribution in [0.1, 0.15) is 19.3 Å². The first-order valence-corrected chi connectivity index (χ1v) is 6.69. The summed E-state index contributed by atoms with van der Waals surface area (Å²) >= 11 is 15.4. The van der Waals surface area contributed by atoms with Crippen molar-refractivity contribution in [1.82, 2.24) is 0 Å². The summed E-state index contributed by atoms with van der Waals surface area (Å²) in [6.45, 7) is 1.06. The first-order valence-electron chi connectivity index (χ1n) is 5.14. The van der Waals surface area contributed by atoms with Crippen molar-refractivity contribution in [1.29, 1.82) is 0 Å². The summed E-state index contributed by atoms with van der Waals surface area (Å²) < 4.78 is 0.869. The Labute approximate surface area is 114 Å². The standard InChI is InChI=1S/C11H14BrCl2NO/c12-8-6-9(13)11(10(14)7-8)15-4-2-1-3-5-16/h6-7,15-16H,1-5H2. The van der Waals surface area contributed by atoms with E-state index in [4.69, 9.17) is 28.3 Å². The highest BCUT2D eigenvalue weighted by molar-refractivity contribution is 9.10. The average Bonchev–Trinajstić information content (AvgIpc) is 2.20. The van der Waals surface area contributed by atoms with Crippen LogP contribution < -0.4 is 5.32 Å². The Kier molecular flexibility index (Phi) is 6.51. The lowest BCUT2D eigenvalue weighted by molar-refractivity contribution is 0.283. The van der Waals surface area contributed by atoms with Gasteiger partial charge in [-0.05, 0) is 31.4 Å². The lowest BCUT2D eigenvalue weighted by Gasteiger charge is -2.10. The fraction of sp³-hybridized carbons (Fsp3) is 0.455. The molecule has 0 aromatic heterocycles. The molecule has 0 bridgehead atoms. The number of benzene rings is 1. The van der Waals surface area contributed by atoms with Gasteiger partial charge in [0, 0.05) is 17.6 Å². The number of nitrogens with one attached hydrogen (secondary N) is 1. The molecule has 5 heteroatoms. The SMILES string of the molecule is OCCCCCNc1c(Cl)cc(Br)cc1Cl. The van der Waals surface area contributed by atoms with E-state index in [2.05, 4.69) is 21.2 Å². The minimum absolute atomic E-state index is 0.250. The first kappa shape index (κ1) is 14.1. The van der Waals surface area contributed by atoms with Crippen molar-refractivity contribution in [3.8, 4) is 0 Å². The second-order valence-corrected chi connectivity index (χ2v) is 5.19. The molecule has 2 N–H and O–H groups in total. The van der Waals surface area contributed by atoms with Crippen LogP contribution in [0.15, 0.2) is 16.6 Å². The van der Waals surface area contributed by atoms with Gasteiger partial charge in [0.05, 0.1) is 15.7 Å². The van der Waals surface area contributed by atoms with E-state index in [-0.39, 0.29) is 6.61 Å². The molecule has 0 spiro atoms. The van der Waals surface area contributed by atoms with Crippen molar-refractivity contribution in [2.75, 3.05) is 18.5 Å². The number of aliphatic hydroxyl groups excluding tert-OH is 1. The summed E-state index contributed by atoms with van der Waals surface area (Å²) in [5.41, 5.74) is 0.774. The van der Waals surface area contributed by atoms with E-state index in [0.717, 1.165) is 36.0 Å². The number of halogens is 3. The van der Waals surface area contributed by atoms with Gasteiger partial charge in [-0.25, -0.2) is 0 Å². The molecule has 0 saturated heterocycles. The predicted octanol–water partition coefficient (Wildman–Crippen LogP) is 4.33. The van der Waals surface area contributed by atoms with E-state index in [0.29, 0.717) is 10.0 Å². The van der Waals surface area contributed by atoms with Crippen molar-refractivity contribution in [3.63, 3.8) is 0 Å². The van der Waals surface area contributed by atoms with Gasteiger partial charge in [-0.1, -0.05) is 39.1 Å². The van der Waals surface area contributed by atoms with Crippen LogP contribution in [0.5, 0.6) is 0 Å². The van der Waals surface area contributed by atoms with Gasteiger partial charge in [-0.3, -0.25) is 0 Å². The normalized spacial score (nSPS) is 10.5. The molecule has 0 unspecified atom stereocenters. The minimum atomic E-state index is 0.250. The summed E-state index contributed by atoms with van der Waals surface area (Å²) in [6, 6.07) is 3.62. The Morgan fingerprint density at radius 3 is 2.31 bits per heavy atom. The second-order valence-electron chi connectivity index (χ2n) is 3.46. The van der Waals surface area contributed by atoms with Crippen molar-refractivity contribution >= 4 is 44.8 Å². The molecule has 1 aromatic rings. The lowest BCUT2D eigenvalue weighted by atomic mass is 10.2. The predicted molar refractivity (Wildman–Crippen MR) is 73.6 cm³/mol. The van der Waals surface area contributed by atoms with Crippen LogP contribution in [0.3, 0.4) is 0 Å². The molecule has 0 saturated carbocycles. The zero-order valence-corrected chi connectivity index (χ0v) is 11.9. The molecule has 90 valence electrons. The van der Waals surface area contributed by atoms with E-state index in [1.54, 1.807) is 0 Å². The van der Waals surface area contributed by atoms with Crippen molar-refractivity contribution in [2.45, 2.75) is 19.3 Å². The van der Waals surface area contributed by atoms with E-state index in [9.17, 15) is 0 Å². The maximum atomic E-state index is 8.63. The Morgan fingerprint density at radius 2 is 1.75 bits per heavy atom. The number of anilines is 1. The molecule has 0 fully saturated rings. The van der Waals surface area contributed by atoms with E-state index >= 15 is 0 Å². The Hall–Kier alpha value is 0.0400. The quantitative estimate of drug-likeness (QED) is 0.762. The van der Waals surface area contributed by atoms with Gasteiger partial charge in [-0.2, -0.15) is 0 Å². The zero-order valence-electron chi connectivity index (χ0n) is 8.77. The molecule has 0 aliphatic carbocycles. The Morgan fingerprint density at radius 1 is 1.12 bits per heavy atom. The Balaban J connectivity index is 2.47. The number of rotatable bonds is 6. The monoisotopic (exact) mass is 325 g/mol. The molecule has 0 aliphatic rings. The maximum absolute atomic E-state index is 8.63. The smallest absolute Gasteiger partial charge is 0.0719 e. The van der Waals surface area contributed by atoms with Gasteiger partial charge in [0.1, 0.15) is 0 Å². The molecule has 0 amide bonds. The molecule has 0 atom stereocenters. The minimum Gasteiger partial charge on any atom is -0.396 e. The van der Waals surface area contributed by atoms with E-state index in [1.165, 1.54) is 0 Å². The third-order valence-electron chi connectivity index (χ3n) is 2.14. The number of aliphatic hydroxyl groups is 1. The van der Waals surface area contributed by atoms with Crippen LogP contribution in [0.4, 0.5) is 5.69 Å². The van der Waals surface area contributed by atoms with Crippen LogP contribution in [0, 0.1) is 0 Å². The summed E-state index contributed by atoms with van der Waals surface area (Å²) in [6.07, 6.45) is 2.82. The molecular weight excluding hydrogens is 313 g/mol. The second kappa shape index (κ2) is 7.38. The van der Waals surface area contributed by atoms with Gasteiger partial charge in [0.2, 0.25) is 0 Å². The van der Waals surface area contributed by atoms with Crippen LogP contribution in [-0.4, -0.2) is 18.3 Å². The van der Waals surface area contributed by atoms with Gasteiger partial charge >= 0.3 is 0 Å². The third-order valence-corrected chi connectivity index (χ3v) is 3.20. The van der Waals surface area contributed by atoms with Crippen molar-refractivity contribution in [3.05, 3.63) is 26.7 Å². The number of unbranched alkanes of at least 4 members (excludes halogenated alkanes) is 2. The summed E-state index contributed by atoms with van der Waals surface area (Å²) in [4.78, 5) is 0. The van der Waals surface area contributed by atoms with Crippen molar-refractivity contribution < 1.29 is 5.11 Å².